The predicted octanol–water partition coefficient (Wildman–Crippen LogP) is 5.89. The first-order valence-corrected chi connectivity index (χ1v) is 16.0. The maximum Gasteiger partial charge on any atom is 0.264 e. The molecule has 11 heteroatoms. The topological polar surface area (TPSA) is 96.0 Å². The zero-order chi connectivity index (χ0) is 31.9. The summed E-state index contributed by atoms with van der Waals surface area (Å²) in [5.74, 6) is -0.827. The van der Waals surface area contributed by atoms with E-state index in [9.17, 15) is 18.0 Å². The fourth-order valence-electron chi connectivity index (χ4n) is 4.76. The van der Waals surface area contributed by atoms with Crippen LogP contribution in [0.3, 0.4) is 0 Å². The number of halogens is 2. The standard InChI is InChI=1S/C33H33Cl2N3O5S/c1-23-16-18-25(19-17-23)44(41,42)38(29-14-7-8-15-31(29)43-3)22-32(39)37(21-26-27(34)12-9-13-28(26)35)30(33(40)36-2)20-24-10-5-4-6-11-24/h4-19,30H,20-22H2,1-3H3,(H,36,40)/t30-/m0/s1. The van der Waals surface area contributed by atoms with E-state index >= 15 is 0 Å². The highest BCUT2D eigenvalue weighted by Crippen LogP contribution is 2.33. The average Bonchev–Trinajstić information content (AvgIpc) is 3.02. The zero-order valence-corrected chi connectivity index (χ0v) is 26.9. The zero-order valence-electron chi connectivity index (χ0n) is 24.5. The minimum absolute atomic E-state index is 0.00496. The minimum atomic E-state index is -4.28. The number of nitrogens with one attached hydrogen (secondary N) is 1. The largest absolute Gasteiger partial charge is 0.495 e. The molecule has 8 nitrogen and oxygen atoms in total. The molecule has 0 saturated heterocycles. The first-order valence-electron chi connectivity index (χ1n) is 13.8. The normalized spacial score (nSPS) is 11.8. The van der Waals surface area contributed by atoms with Crippen molar-refractivity contribution >= 4 is 50.7 Å². The maximum absolute atomic E-state index is 14.5. The van der Waals surface area contributed by atoms with Gasteiger partial charge in [-0.3, -0.25) is 13.9 Å². The molecule has 44 heavy (non-hydrogen) atoms. The van der Waals surface area contributed by atoms with Gasteiger partial charge in [0.2, 0.25) is 11.8 Å². The summed E-state index contributed by atoms with van der Waals surface area (Å²) >= 11 is 13.0. The maximum atomic E-state index is 14.5. The van der Waals surface area contributed by atoms with Gasteiger partial charge >= 0.3 is 0 Å². The number of rotatable bonds is 12. The SMILES string of the molecule is CNC(=O)[C@H](Cc1ccccc1)N(Cc1c(Cl)cccc1Cl)C(=O)CN(c1ccccc1OC)S(=O)(=O)c1ccc(C)cc1. The van der Waals surface area contributed by atoms with Gasteiger partial charge in [0.05, 0.1) is 17.7 Å². The Labute approximate surface area is 268 Å². The number of benzene rings is 4. The van der Waals surface area contributed by atoms with Crippen LogP contribution in [0.25, 0.3) is 0 Å². The van der Waals surface area contributed by atoms with Crippen LogP contribution < -0.4 is 14.4 Å². The van der Waals surface area contributed by atoms with E-state index in [1.165, 1.54) is 31.2 Å². The number of sulfonamides is 1. The highest BCUT2D eigenvalue weighted by Gasteiger charge is 2.35. The van der Waals surface area contributed by atoms with Crippen molar-refractivity contribution < 1.29 is 22.7 Å². The van der Waals surface area contributed by atoms with E-state index in [0.29, 0.717) is 15.6 Å². The number of hydrogen-bond acceptors (Lipinski definition) is 5. The molecule has 4 aromatic rings. The number of para-hydroxylation sites is 2. The van der Waals surface area contributed by atoms with E-state index in [2.05, 4.69) is 5.32 Å². The molecule has 0 radical (unpaired) electrons. The number of methoxy groups -OCH3 is 1. The molecule has 1 atom stereocenters. The Hall–Kier alpha value is -4.05. The minimum Gasteiger partial charge on any atom is -0.495 e. The molecule has 0 aromatic heterocycles. The van der Waals surface area contributed by atoms with E-state index in [1.54, 1.807) is 54.6 Å². The Balaban J connectivity index is 1.85. The molecule has 4 aromatic carbocycles. The molecule has 0 aliphatic carbocycles. The van der Waals surface area contributed by atoms with E-state index in [0.717, 1.165) is 15.4 Å². The van der Waals surface area contributed by atoms with Crippen LogP contribution in [0.5, 0.6) is 5.75 Å². The molecule has 4 rings (SSSR count). The molecule has 1 N–H and O–H groups in total. The van der Waals surface area contributed by atoms with Crippen molar-refractivity contribution in [3.05, 3.63) is 124 Å². The van der Waals surface area contributed by atoms with Crippen LogP contribution in [-0.2, 0) is 32.6 Å². The summed E-state index contributed by atoms with van der Waals surface area (Å²) in [5.41, 5.74) is 2.27. The Bertz CT molecular complexity index is 1700. The second-order valence-electron chi connectivity index (χ2n) is 10.0. The average molecular weight is 655 g/mol. The summed E-state index contributed by atoms with van der Waals surface area (Å²) in [6.07, 6.45) is 0.160. The second kappa shape index (κ2) is 14.6. The molecule has 0 aliphatic rings. The van der Waals surface area contributed by atoms with Crippen LogP contribution >= 0.6 is 23.2 Å². The first-order chi connectivity index (χ1) is 21.1. The molecule has 2 amide bonds. The van der Waals surface area contributed by atoms with Crippen LogP contribution in [0.4, 0.5) is 5.69 Å². The van der Waals surface area contributed by atoms with Crippen molar-refractivity contribution in [2.75, 3.05) is 25.0 Å². The number of nitrogens with zero attached hydrogens (tertiary/aromatic N) is 2. The predicted molar refractivity (Wildman–Crippen MR) is 174 cm³/mol. The Morgan fingerprint density at radius 1 is 0.864 bits per heavy atom. The number of hydrogen-bond donors (Lipinski definition) is 1. The van der Waals surface area contributed by atoms with Gasteiger partial charge < -0.3 is 15.0 Å². The molecule has 0 heterocycles. The molecule has 230 valence electrons. The summed E-state index contributed by atoms with van der Waals surface area (Å²) in [4.78, 5) is 29.2. The van der Waals surface area contributed by atoms with Gasteiger partial charge in [-0.1, -0.05) is 89.4 Å². The molecule has 0 saturated carbocycles. The van der Waals surface area contributed by atoms with Crippen molar-refractivity contribution in [1.82, 2.24) is 10.2 Å². The van der Waals surface area contributed by atoms with E-state index < -0.39 is 34.4 Å². The quantitative estimate of drug-likeness (QED) is 0.206. The van der Waals surface area contributed by atoms with Crippen LogP contribution in [0, 0.1) is 6.92 Å². The number of amides is 2. The molecule has 0 unspecified atom stereocenters. The Morgan fingerprint density at radius 2 is 1.48 bits per heavy atom. The number of likely N-dealkylation sites (N-methyl/N-ethyl adjacent to an activating group) is 1. The summed E-state index contributed by atoms with van der Waals surface area (Å²) < 4.78 is 34.8. The molecule has 0 fully saturated rings. The van der Waals surface area contributed by atoms with Crippen LogP contribution in [0.1, 0.15) is 16.7 Å². The third kappa shape index (κ3) is 7.53. The number of aryl methyl sites for hydroxylation is 1. The number of ether oxygens (including phenoxy) is 1. The van der Waals surface area contributed by atoms with E-state index in [4.69, 9.17) is 27.9 Å². The summed E-state index contributed by atoms with van der Waals surface area (Å²) in [5, 5.41) is 3.26. The number of carbonyl (C=O) groups excluding carboxylic acids is 2. The van der Waals surface area contributed by atoms with Crippen molar-refractivity contribution in [3.63, 3.8) is 0 Å². The summed E-state index contributed by atoms with van der Waals surface area (Å²) in [6, 6.07) is 26.0. The monoisotopic (exact) mass is 653 g/mol. The highest BCUT2D eigenvalue weighted by atomic mass is 35.5. The van der Waals surface area contributed by atoms with Crippen molar-refractivity contribution in [1.29, 1.82) is 0 Å². The fraction of sp³-hybridized carbons (Fsp3) is 0.212. The first kappa shape index (κ1) is 32.9. The van der Waals surface area contributed by atoms with Gasteiger partial charge in [-0.05, 0) is 48.9 Å². The molecular formula is C33H33Cl2N3O5S. The summed E-state index contributed by atoms with van der Waals surface area (Å²) in [7, 11) is -1.38. The smallest absolute Gasteiger partial charge is 0.264 e. The van der Waals surface area contributed by atoms with E-state index in [-0.39, 0.29) is 29.3 Å². The third-order valence-corrected chi connectivity index (χ3v) is 9.63. The summed E-state index contributed by atoms with van der Waals surface area (Å²) in [6.45, 7) is 1.06. The van der Waals surface area contributed by atoms with Gasteiger partial charge in [-0.25, -0.2) is 8.42 Å². The van der Waals surface area contributed by atoms with Gasteiger partial charge in [0.15, 0.2) is 0 Å². The lowest BCUT2D eigenvalue weighted by Gasteiger charge is -2.34. The van der Waals surface area contributed by atoms with Crippen LogP contribution in [0.2, 0.25) is 10.0 Å². The van der Waals surface area contributed by atoms with Crippen LogP contribution in [0.15, 0.2) is 102 Å². The van der Waals surface area contributed by atoms with Gasteiger partial charge in [0.25, 0.3) is 10.0 Å². The third-order valence-electron chi connectivity index (χ3n) is 7.15. The number of anilines is 1. The lowest BCUT2D eigenvalue weighted by molar-refractivity contribution is -0.139. The van der Waals surface area contributed by atoms with Gasteiger partial charge in [0, 0.05) is 35.6 Å². The van der Waals surface area contributed by atoms with E-state index in [1.807, 2.05) is 37.3 Å². The lowest BCUT2D eigenvalue weighted by Crippen LogP contribution is -2.53. The van der Waals surface area contributed by atoms with Gasteiger partial charge in [0.1, 0.15) is 18.3 Å². The molecule has 0 spiro atoms. The van der Waals surface area contributed by atoms with Gasteiger partial charge in [-0.2, -0.15) is 0 Å². The van der Waals surface area contributed by atoms with Crippen LogP contribution in [-0.4, -0.2) is 51.9 Å². The number of carbonyl (C=O) groups is 2. The lowest BCUT2D eigenvalue weighted by atomic mass is 10.0. The fourth-order valence-corrected chi connectivity index (χ4v) is 6.70. The Morgan fingerprint density at radius 3 is 2.09 bits per heavy atom. The van der Waals surface area contributed by atoms with Crippen molar-refractivity contribution in [2.24, 2.45) is 0 Å². The highest BCUT2D eigenvalue weighted by molar-refractivity contribution is 7.92. The molecular weight excluding hydrogens is 621 g/mol. The molecule has 0 bridgehead atoms. The Kier molecular flexibility index (Phi) is 10.9. The van der Waals surface area contributed by atoms with Crippen molar-refractivity contribution in [2.45, 2.75) is 30.8 Å². The van der Waals surface area contributed by atoms with Gasteiger partial charge in [-0.15, -0.1) is 0 Å². The second-order valence-corrected chi connectivity index (χ2v) is 12.7. The molecule has 0 aliphatic heterocycles. The van der Waals surface area contributed by atoms with Crippen molar-refractivity contribution in [3.8, 4) is 5.75 Å².